The Balaban J connectivity index is 4.94. The molecule has 0 aliphatic heterocycles. The molecule has 0 aliphatic carbocycles. The normalized spacial score (nSPS) is 15.3. The first kappa shape index (κ1) is 15.7. The minimum atomic E-state index is -2.93. The highest BCUT2D eigenvalue weighted by atomic mass is 32.2. The molecule has 0 amide bonds. The Bertz CT molecular complexity index is 220. The molecule has 0 radical (unpaired) electrons. The minimum Gasteiger partial charge on any atom is -0.308 e. The Morgan fingerprint density at radius 3 is 1.80 bits per heavy atom. The van der Waals surface area contributed by atoms with E-state index in [-0.39, 0.29) is 4.61 Å². The van der Waals surface area contributed by atoms with Crippen LogP contribution in [0.1, 0.15) is 13.8 Å². The van der Waals surface area contributed by atoms with Gasteiger partial charge in [-0.3, -0.25) is 4.57 Å². The average molecular weight is 270 g/mol. The maximum atomic E-state index is 12.6. The van der Waals surface area contributed by atoms with Crippen LogP contribution in [-0.2, 0) is 13.6 Å². The van der Waals surface area contributed by atoms with Gasteiger partial charge in [0.25, 0.3) is 0 Å². The third-order valence-electron chi connectivity index (χ3n) is 1.87. The summed E-state index contributed by atoms with van der Waals surface area (Å²) >= 11 is 1.61. The topological polar surface area (TPSA) is 35.5 Å². The first-order chi connectivity index (χ1) is 6.81. The molecule has 15 heavy (non-hydrogen) atoms. The molecule has 0 aromatic carbocycles. The van der Waals surface area contributed by atoms with Crippen LogP contribution < -0.4 is 0 Å². The molecule has 6 heteroatoms. The van der Waals surface area contributed by atoms with Crippen molar-refractivity contribution in [1.82, 2.24) is 0 Å². The van der Waals surface area contributed by atoms with E-state index in [1.54, 1.807) is 11.8 Å². The lowest BCUT2D eigenvalue weighted by Crippen LogP contribution is -2.36. The number of hydrogen-bond donors (Lipinski definition) is 0. The summed E-state index contributed by atoms with van der Waals surface area (Å²) in [5.41, 5.74) is 0. The maximum absolute atomic E-state index is 12.6. The number of hydrogen-bond acceptors (Lipinski definition) is 4. The summed E-state index contributed by atoms with van der Waals surface area (Å²) in [5.74, 6) is 0. The summed E-state index contributed by atoms with van der Waals surface area (Å²) in [7, 11) is -4.47. The summed E-state index contributed by atoms with van der Waals surface area (Å²) in [4.78, 5) is 0. The molecule has 0 heterocycles. The van der Waals surface area contributed by atoms with E-state index in [9.17, 15) is 4.57 Å². The van der Waals surface area contributed by atoms with Crippen LogP contribution in [0.2, 0.25) is 19.6 Å². The molecule has 1 atom stereocenters. The van der Waals surface area contributed by atoms with Gasteiger partial charge in [-0.25, -0.2) is 0 Å². The highest BCUT2D eigenvalue weighted by Gasteiger charge is 2.43. The molecule has 0 bridgehead atoms. The lowest BCUT2D eigenvalue weighted by molar-refractivity contribution is 0.222. The van der Waals surface area contributed by atoms with Crippen LogP contribution in [0.4, 0.5) is 0 Å². The van der Waals surface area contributed by atoms with E-state index in [2.05, 4.69) is 19.6 Å². The summed E-state index contributed by atoms with van der Waals surface area (Å²) in [6.45, 7) is 11.2. The van der Waals surface area contributed by atoms with Gasteiger partial charge >= 0.3 is 7.60 Å². The van der Waals surface area contributed by atoms with Crippen molar-refractivity contribution in [3.63, 3.8) is 0 Å². The lowest BCUT2D eigenvalue weighted by atomic mass is 10.9. The fraction of sp³-hybridized carbons (Fsp3) is 1.00. The second-order valence-electron chi connectivity index (χ2n) is 4.33. The maximum Gasteiger partial charge on any atom is 0.340 e. The van der Waals surface area contributed by atoms with Crippen molar-refractivity contribution >= 4 is 27.4 Å². The zero-order valence-corrected chi connectivity index (χ0v) is 13.3. The zero-order valence-electron chi connectivity index (χ0n) is 10.6. The Kier molecular flexibility index (Phi) is 6.76. The summed E-state index contributed by atoms with van der Waals surface area (Å²) < 4.78 is 23.4. The molecule has 0 saturated carbocycles. The van der Waals surface area contributed by atoms with Crippen molar-refractivity contribution in [2.24, 2.45) is 0 Å². The quantitative estimate of drug-likeness (QED) is 0.520. The number of rotatable bonds is 7. The average Bonchev–Trinajstić information content (AvgIpc) is 2.02. The fourth-order valence-corrected chi connectivity index (χ4v) is 11.0. The van der Waals surface area contributed by atoms with Gasteiger partial charge in [0.1, 0.15) is 0 Å². The van der Waals surface area contributed by atoms with Gasteiger partial charge in [0, 0.05) is 0 Å². The third-order valence-corrected chi connectivity index (χ3v) is 13.1. The molecule has 0 saturated heterocycles. The molecule has 1 unspecified atom stereocenters. The highest BCUT2D eigenvalue weighted by Crippen LogP contribution is 2.59. The van der Waals surface area contributed by atoms with E-state index < -0.39 is 15.7 Å². The van der Waals surface area contributed by atoms with Gasteiger partial charge in [-0.15, -0.1) is 0 Å². The SMILES string of the molecule is CCOP(=O)(OCC)C(SC)[Si](C)(C)C. The van der Waals surface area contributed by atoms with E-state index in [0.29, 0.717) is 13.2 Å². The van der Waals surface area contributed by atoms with E-state index in [0.717, 1.165) is 0 Å². The standard InChI is InChI=1S/C9H23O3PSSi/c1-7-11-13(10,12-8-2)9(14-3)15(4,5)6/h9H,7-8H2,1-6H3. The van der Waals surface area contributed by atoms with Crippen molar-refractivity contribution in [2.75, 3.05) is 19.5 Å². The molecule has 0 fully saturated rings. The molecule has 0 N–H and O–H groups in total. The second-order valence-corrected chi connectivity index (χ2v) is 13.9. The van der Waals surface area contributed by atoms with Crippen LogP contribution in [0, 0.1) is 0 Å². The van der Waals surface area contributed by atoms with E-state index in [1.807, 2.05) is 20.1 Å². The van der Waals surface area contributed by atoms with Gasteiger partial charge in [-0.05, 0) is 20.1 Å². The van der Waals surface area contributed by atoms with Crippen LogP contribution >= 0.6 is 19.4 Å². The Morgan fingerprint density at radius 1 is 1.20 bits per heavy atom. The zero-order chi connectivity index (χ0) is 12.1. The van der Waals surface area contributed by atoms with Crippen LogP contribution in [0.3, 0.4) is 0 Å². The van der Waals surface area contributed by atoms with E-state index in [4.69, 9.17) is 9.05 Å². The molecule has 3 nitrogen and oxygen atoms in total. The minimum absolute atomic E-state index is 0.0184. The van der Waals surface area contributed by atoms with Gasteiger partial charge in [0.2, 0.25) is 0 Å². The molecule has 0 aromatic rings. The van der Waals surface area contributed by atoms with Crippen LogP contribution in [-0.4, -0.2) is 32.2 Å². The molecule has 0 spiro atoms. The Labute approximate surface area is 98.9 Å². The van der Waals surface area contributed by atoms with Gasteiger partial charge in [0.05, 0.1) is 25.9 Å². The van der Waals surface area contributed by atoms with Crippen molar-refractivity contribution < 1.29 is 13.6 Å². The first-order valence-corrected chi connectivity index (χ1v) is 11.7. The van der Waals surface area contributed by atoms with Crippen LogP contribution in [0.15, 0.2) is 0 Å². The Morgan fingerprint density at radius 2 is 1.60 bits per heavy atom. The number of thioether (sulfide) groups is 1. The van der Waals surface area contributed by atoms with Gasteiger partial charge in [-0.2, -0.15) is 11.8 Å². The molecule has 0 rings (SSSR count). The van der Waals surface area contributed by atoms with Crippen LogP contribution in [0.5, 0.6) is 0 Å². The predicted molar refractivity (Wildman–Crippen MR) is 71.5 cm³/mol. The van der Waals surface area contributed by atoms with Crippen molar-refractivity contribution in [2.45, 2.75) is 38.1 Å². The van der Waals surface area contributed by atoms with Gasteiger partial charge < -0.3 is 9.05 Å². The van der Waals surface area contributed by atoms with Crippen molar-refractivity contribution in [3.8, 4) is 0 Å². The van der Waals surface area contributed by atoms with Gasteiger partial charge in [0.15, 0.2) is 0 Å². The third kappa shape index (κ3) is 4.61. The Hall–Kier alpha value is 0.717. The van der Waals surface area contributed by atoms with Crippen molar-refractivity contribution in [1.29, 1.82) is 0 Å². The smallest absolute Gasteiger partial charge is 0.308 e. The van der Waals surface area contributed by atoms with Gasteiger partial charge in [-0.1, -0.05) is 19.6 Å². The van der Waals surface area contributed by atoms with Crippen molar-refractivity contribution in [3.05, 3.63) is 0 Å². The molecule has 92 valence electrons. The predicted octanol–water partition coefficient (Wildman–Crippen LogP) is 3.82. The summed E-state index contributed by atoms with van der Waals surface area (Å²) in [6, 6.07) is 0. The second kappa shape index (κ2) is 6.45. The largest absolute Gasteiger partial charge is 0.340 e. The van der Waals surface area contributed by atoms with Crippen LogP contribution in [0.25, 0.3) is 0 Å². The first-order valence-electron chi connectivity index (χ1n) is 5.23. The summed E-state index contributed by atoms with van der Waals surface area (Å²) in [6.07, 6.45) is 1.98. The lowest BCUT2D eigenvalue weighted by Gasteiger charge is -2.32. The molecule has 0 aliphatic rings. The summed E-state index contributed by atoms with van der Waals surface area (Å²) in [5, 5.41) is 0. The monoisotopic (exact) mass is 270 g/mol. The van der Waals surface area contributed by atoms with E-state index >= 15 is 0 Å². The molecular formula is C9H23O3PSSi. The van der Waals surface area contributed by atoms with E-state index in [1.165, 1.54) is 0 Å². The molecular weight excluding hydrogens is 247 g/mol. The molecule has 0 aromatic heterocycles. The fourth-order valence-electron chi connectivity index (χ4n) is 1.49. The highest BCUT2D eigenvalue weighted by molar-refractivity contribution is 8.07.